The van der Waals surface area contributed by atoms with Gasteiger partial charge >= 0.3 is 0 Å². The Labute approximate surface area is 212 Å². The smallest absolute Gasteiger partial charge is 0.260 e. The quantitative estimate of drug-likeness (QED) is 0.414. The fraction of sp³-hybridized carbons (Fsp3) is 0.481. The summed E-state index contributed by atoms with van der Waals surface area (Å²) < 4.78 is 31.2. The number of rotatable bonds is 8. The number of sulfonamides is 1. The molecular weight excluding hydrogens is 478 g/mol. The summed E-state index contributed by atoms with van der Waals surface area (Å²) in [6, 6.07) is 12.6. The number of para-hydroxylation sites is 1. The maximum absolute atomic E-state index is 12.5. The van der Waals surface area contributed by atoms with E-state index in [1.54, 1.807) is 18.2 Å². The second-order valence-corrected chi connectivity index (χ2v) is 12.6. The van der Waals surface area contributed by atoms with Crippen molar-refractivity contribution >= 4 is 27.8 Å². The minimum Gasteiger partial charge on any atom is -0.504 e. The number of hydrogen-bond acceptors (Lipinski definition) is 6. The van der Waals surface area contributed by atoms with Gasteiger partial charge in [-0.15, -0.1) is 0 Å². The van der Waals surface area contributed by atoms with E-state index in [1.165, 1.54) is 57.4 Å². The molecular formula is C27H33N3O5S. The summed E-state index contributed by atoms with van der Waals surface area (Å²) in [6.07, 6.45) is 10.2. The third-order valence-electron chi connectivity index (χ3n) is 8.14. The van der Waals surface area contributed by atoms with Crippen molar-refractivity contribution in [1.29, 1.82) is 0 Å². The van der Waals surface area contributed by atoms with Crippen LogP contribution in [0.25, 0.3) is 0 Å². The summed E-state index contributed by atoms with van der Waals surface area (Å²) in [6.45, 7) is -0.406. The molecule has 0 saturated heterocycles. The SMILES string of the molecule is COc1cccc(/C=N\NC(=O)CN(c2ccc(C34CC5CC(CC(C5)C3)C4)cc2)S(C)(=O)=O)c1O. The Morgan fingerprint density at radius 3 is 2.28 bits per heavy atom. The van der Waals surface area contributed by atoms with E-state index in [4.69, 9.17) is 4.74 Å². The van der Waals surface area contributed by atoms with Crippen LogP contribution in [0.15, 0.2) is 47.6 Å². The van der Waals surface area contributed by atoms with Gasteiger partial charge in [0.25, 0.3) is 5.91 Å². The van der Waals surface area contributed by atoms with E-state index >= 15 is 0 Å². The Hall–Kier alpha value is -3.07. The number of ether oxygens (including phenoxy) is 1. The lowest BCUT2D eigenvalue weighted by atomic mass is 9.48. The average molecular weight is 512 g/mol. The minimum absolute atomic E-state index is 0.102. The zero-order valence-corrected chi connectivity index (χ0v) is 21.5. The van der Waals surface area contributed by atoms with Crippen molar-refractivity contribution in [2.45, 2.75) is 43.9 Å². The van der Waals surface area contributed by atoms with E-state index in [1.807, 2.05) is 12.1 Å². The summed E-state index contributed by atoms with van der Waals surface area (Å²) >= 11 is 0. The largest absolute Gasteiger partial charge is 0.504 e. The summed E-state index contributed by atoms with van der Waals surface area (Å²) in [4.78, 5) is 12.5. The van der Waals surface area contributed by atoms with Crippen molar-refractivity contribution in [2.75, 3.05) is 24.2 Å². The van der Waals surface area contributed by atoms with Gasteiger partial charge in [-0.1, -0.05) is 18.2 Å². The van der Waals surface area contributed by atoms with Crippen LogP contribution in [0.3, 0.4) is 0 Å². The average Bonchev–Trinajstić information content (AvgIpc) is 2.82. The van der Waals surface area contributed by atoms with Gasteiger partial charge in [-0.2, -0.15) is 5.10 Å². The number of carbonyl (C=O) groups excluding carboxylic acids is 1. The number of phenols is 1. The summed E-state index contributed by atoms with van der Waals surface area (Å²) in [7, 11) is -2.26. The molecule has 4 aliphatic carbocycles. The number of anilines is 1. The predicted octanol–water partition coefficient (Wildman–Crippen LogP) is 3.78. The molecule has 0 aliphatic heterocycles. The van der Waals surface area contributed by atoms with Crippen LogP contribution in [0.5, 0.6) is 11.5 Å². The fourth-order valence-electron chi connectivity index (χ4n) is 6.99. The van der Waals surface area contributed by atoms with Crippen molar-refractivity contribution in [3.05, 3.63) is 53.6 Å². The van der Waals surface area contributed by atoms with Crippen molar-refractivity contribution in [3.63, 3.8) is 0 Å². The predicted molar refractivity (Wildman–Crippen MR) is 139 cm³/mol. The summed E-state index contributed by atoms with van der Waals surface area (Å²) in [5, 5.41) is 14.0. The molecule has 0 spiro atoms. The van der Waals surface area contributed by atoms with Crippen molar-refractivity contribution in [2.24, 2.45) is 22.9 Å². The van der Waals surface area contributed by atoms with Gasteiger partial charge in [0.1, 0.15) is 6.54 Å². The molecule has 4 aliphatic rings. The van der Waals surface area contributed by atoms with E-state index in [2.05, 4.69) is 22.7 Å². The van der Waals surface area contributed by atoms with Crippen molar-refractivity contribution in [1.82, 2.24) is 5.43 Å². The lowest BCUT2D eigenvalue weighted by Gasteiger charge is -2.57. The van der Waals surface area contributed by atoms with Gasteiger partial charge in [-0.05, 0) is 91.5 Å². The number of methoxy groups -OCH3 is 1. The number of nitrogens with zero attached hydrogens (tertiary/aromatic N) is 2. The van der Waals surface area contributed by atoms with Gasteiger partial charge in [0.15, 0.2) is 11.5 Å². The van der Waals surface area contributed by atoms with E-state index in [9.17, 15) is 18.3 Å². The highest BCUT2D eigenvalue weighted by atomic mass is 32.2. The van der Waals surface area contributed by atoms with E-state index in [-0.39, 0.29) is 16.9 Å². The number of aromatic hydroxyl groups is 1. The Morgan fingerprint density at radius 2 is 1.72 bits per heavy atom. The van der Waals surface area contributed by atoms with Crippen LogP contribution in [0.2, 0.25) is 0 Å². The molecule has 6 rings (SSSR count). The molecule has 36 heavy (non-hydrogen) atoms. The molecule has 2 aromatic carbocycles. The number of amides is 1. The highest BCUT2D eigenvalue weighted by Gasteiger charge is 2.51. The molecule has 2 aromatic rings. The summed E-state index contributed by atoms with van der Waals surface area (Å²) in [5.41, 5.74) is 4.67. The van der Waals surface area contributed by atoms with Crippen LogP contribution in [0, 0.1) is 17.8 Å². The number of carbonyl (C=O) groups is 1. The number of phenolic OH excluding ortho intramolecular Hbond substituents is 1. The molecule has 0 atom stereocenters. The lowest BCUT2D eigenvalue weighted by Crippen LogP contribution is -2.48. The Morgan fingerprint density at radius 1 is 1.11 bits per heavy atom. The lowest BCUT2D eigenvalue weighted by molar-refractivity contribution is -0.119. The minimum atomic E-state index is -3.70. The maximum Gasteiger partial charge on any atom is 0.260 e. The first kappa shape index (κ1) is 24.6. The van der Waals surface area contributed by atoms with Gasteiger partial charge in [0, 0.05) is 5.56 Å². The monoisotopic (exact) mass is 511 g/mol. The van der Waals surface area contributed by atoms with Crippen molar-refractivity contribution in [3.8, 4) is 11.5 Å². The summed E-state index contributed by atoms with van der Waals surface area (Å²) in [5.74, 6) is 2.06. The van der Waals surface area contributed by atoms with Gasteiger partial charge in [0.05, 0.1) is 25.3 Å². The Bertz CT molecular complexity index is 1240. The van der Waals surface area contributed by atoms with Gasteiger partial charge in [-0.3, -0.25) is 9.10 Å². The number of nitrogens with one attached hydrogen (secondary N) is 1. The molecule has 4 bridgehead atoms. The molecule has 0 aromatic heterocycles. The molecule has 0 heterocycles. The van der Waals surface area contributed by atoms with E-state index < -0.39 is 22.5 Å². The topological polar surface area (TPSA) is 108 Å². The first-order valence-corrected chi connectivity index (χ1v) is 14.3. The van der Waals surface area contributed by atoms with Crippen molar-refractivity contribution < 1.29 is 23.1 Å². The van der Waals surface area contributed by atoms with Gasteiger partial charge in [-0.25, -0.2) is 13.8 Å². The maximum atomic E-state index is 12.5. The first-order chi connectivity index (χ1) is 17.2. The molecule has 4 fully saturated rings. The Balaban J connectivity index is 1.28. The zero-order valence-electron chi connectivity index (χ0n) is 20.7. The van der Waals surface area contributed by atoms with E-state index in [0.29, 0.717) is 11.3 Å². The van der Waals surface area contributed by atoms with Crippen LogP contribution in [0.4, 0.5) is 5.69 Å². The highest BCUT2D eigenvalue weighted by Crippen LogP contribution is 2.60. The van der Waals surface area contributed by atoms with Crippen LogP contribution in [-0.2, 0) is 20.2 Å². The fourth-order valence-corrected chi connectivity index (χ4v) is 7.85. The number of benzene rings is 2. The standard InChI is InChI=1S/C27H33N3O5S/c1-35-24-5-3-4-21(26(24)32)16-28-29-25(31)17-30(36(2,33)34)23-8-6-22(7-9-23)27-13-18-10-19(14-27)12-20(11-18)15-27/h3-9,16,18-20,32H,10-15,17H2,1-2H3,(H,29,31)/b28-16-. The van der Waals surface area contributed by atoms with E-state index in [0.717, 1.165) is 28.3 Å². The highest BCUT2D eigenvalue weighted by molar-refractivity contribution is 7.92. The zero-order chi connectivity index (χ0) is 25.5. The first-order valence-electron chi connectivity index (χ1n) is 12.4. The van der Waals surface area contributed by atoms with Gasteiger partial charge in [0.2, 0.25) is 10.0 Å². The van der Waals surface area contributed by atoms with Gasteiger partial charge < -0.3 is 9.84 Å². The Kier molecular flexibility index (Phi) is 6.44. The molecule has 0 radical (unpaired) electrons. The number of hydrazone groups is 1. The van der Waals surface area contributed by atoms with Crippen LogP contribution in [0.1, 0.15) is 49.7 Å². The molecule has 192 valence electrons. The molecule has 1 amide bonds. The normalized spacial score (nSPS) is 26.8. The molecule has 4 saturated carbocycles. The third kappa shape index (κ3) is 4.81. The second kappa shape index (κ2) is 9.42. The van der Waals surface area contributed by atoms with Crippen LogP contribution in [-0.4, -0.2) is 45.6 Å². The molecule has 2 N–H and O–H groups in total. The molecule has 0 unspecified atom stereocenters. The third-order valence-corrected chi connectivity index (χ3v) is 9.28. The number of hydrogen-bond donors (Lipinski definition) is 2. The molecule has 9 heteroatoms. The van der Waals surface area contributed by atoms with Crippen LogP contribution >= 0.6 is 0 Å². The van der Waals surface area contributed by atoms with Crippen LogP contribution < -0.4 is 14.5 Å². The molecule has 8 nitrogen and oxygen atoms in total. The second-order valence-electron chi connectivity index (χ2n) is 10.7.